The number of alkyl halides is 3. The van der Waals surface area contributed by atoms with Gasteiger partial charge in [-0.25, -0.2) is 0 Å². The Kier molecular flexibility index (Phi) is 8.21. The van der Waals surface area contributed by atoms with Crippen LogP contribution in [0.3, 0.4) is 0 Å². The molecule has 0 saturated heterocycles. The molecule has 2 rings (SSSR count). The van der Waals surface area contributed by atoms with E-state index in [-0.39, 0.29) is 0 Å². The zero-order valence-corrected chi connectivity index (χ0v) is 16.9. The van der Waals surface area contributed by atoms with Crippen LogP contribution in [-0.2, 0) is 6.18 Å². The Morgan fingerprint density at radius 3 is 2.57 bits per heavy atom. The molecule has 154 valence electrons. The van der Waals surface area contributed by atoms with E-state index in [1.165, 1.54) is 44.2 Å². The number of anilines is 1. The number of rotatable bonds is 8. The molecule has 0 atom stereocenters. The second-order valence-corrected chi connectivity index (χ2v) is 7.25. The molecule has 0 aromatic heterocycles. The molecule has 28 heavy (non-hydrogen) atoms. The van der Waals surface area contributed by atoms with Gasteiger partial charge in [0.15, 0.2) is 0 Å². The molecule has 5 heteroatoms. The number of hydrogen-bond donors (Lipinski definition) is 1. The normalized spacial score (nSPS) is 16.4. The molecule has 1 N–H and O–H groups in total. The Hall–Kier alpha value is -2.17. The molecule has 0 spiro atoms. The molecular weight excluding hydrogens is 361 g/mol. The van der Waals surface area contributed by atoms with Gasteiger partial charge in [0.05, 0.1) is 5.56 Å². The van der Waals surface area contributed by atoms with Crippen LogP contribution in [0.5, 0.6) is 0 Å². The van der Waals surface area contributed by atoms with Gasteiger partial charge in [-0.05, 0) is 56.4 Å². The van der Waals surface area contributed by atoms with Gasteiger partial charge in [0.25, 0.3) is 0 Å². The van der Waals surface area contributed by atoms with Gasteiger partial charge in [0, 0.05) is 17.9 Å². The second-order valence-electron chi connectivity index (χ2n) is 7.25. The molecular formula is C23H31F3N2. The van der Waals surface area contributed by atoms with Crippen LogP contribution < -0.4 is 10.2 Å². The van der Waals surface area contributed by atoms with Gasteiger partial charge in [-0.15, -0.1) is 0 Å². The molecule has 1 aromatic rings. The maximum absolute atomic E-state index is 13.2. The van der Waals surface area contributed by atoms with E-state index in [1.54, 1.807) is 11.0 Å². The molecule has 0 heterocycles. The number of hydrogen-bond acceptors (Lipinski definition) is 2. The van der Waals surface area contributed by atoms with Gasteiger partial charge < -0.3 is 10.2 Å². The summed E-state index contributed by atoms with van der Waals surface area (Å²) in [6, 6.07) is 5.43. The van der Waals surface area contributed by atoms with Gasteiger partial charge >= 0.3 is 6.18 Å². The molecule has 1 aliphatic rings. The highest BCUT2D eigenvalue weighted by Gasteiger charge is 2.31. The van der Waals surface area contributed by atoms with Crippen molar-refractivity contribution in [2.75, 3.05) is 11.4 Å². The van der Waals surface area contributed by atoms with Gasteiger partial charge in [-0.2, -0.15) is 13.2 Å². The van der Waals surface area contributed by atoms with Crippen molar-refractivity contribution in [1.82, 2.24) is 5.32 Å². The van der Waals surface area contributed by atoms with Gasteiger partial charge in [0.1, 0.15) is 5.82 Å². The summed E-state index contributed by atoms with van der Waals surface area (Å²) in [4.78, 5) is 1.80. The third-order valence-corrected chi connectivity index (χ3v) is 5.15. The number of nitrogens with one attached hydrogen (secondary N) is 1. The van der Waals surface area contributed by atoms with Crippen LogP contribution in [0.4, 0.5) is 18.9 Å². The van der Waals surface area contributed by atoms with E-state index in [1.807, 2.05) is 32.1 Å². The number of allylic oxidation sites excluding steroid dienone is 4. The van der Waals surface area contributed by atoms with E-state index in [0.717, 1.165) is 18.3 Å². The van der Waals surface area contributed by atoms with Crippen LogP contribution in [0.25, 0.3) is 0 Å². The predicted molar refractivity (Wildman–Crippen MR) is 111 cm³/mol. The summed E-state index contributed by atoms with van der Waals surface area (Å²) in [7, 11) is 0. The Balaban J connectivity index is 2.29. The lowest BCUT2D eigenvalue weighted by molar-refractivity contribution is -0.137. The maximum atomic E-state index is 13.2. The SMILES string of the molecule is C=C(NCC1CCCCC1)N(/C(=C/C=C\C)CC)c1cccc(C(F)(F)F)c1. The van der Waals surface area contributed by atoms with E-state index in [0.29, 0.717) is 23.8 Å². The van der Waals surface area contributed by atoms with Crippen molar-refractivity contribution in [3.05, 3.63) is 66.2 Å². The quantitative estimate of drug-likeness (QED) is 0.478. The molecule has 1 aromatic carbocycles. The zero-order chi connectivity index (χ0) is 20.6. The summed E-state index contributed by atoms with van der Waals surface area (Å²) < 4.78 is 39.7. The van der Waals surface area contributed by atoms with Crippen LogP contribution in [0.15, 0.2) is 60.6 Å². The van der Waals surface area contributed by atoms with Crippen LogP contribution in [0.2, 0.25) is 0 Å². The molecule has 0 amide bonds. The summed E-state index contributed by atoms with van der Waals surface area (Å²) in [6.45, 7) is 8.86. The fraction of sp³-hybridized carbons (Fsp3) is 0.478. The van der Waals surface area contributed by atoms with Crippen molar-refractivity contribution in [1.29, 1.82) is 0 Å². The highest BCUT2D eigenvalue weighted by atomic mass is 19.4. The van der Waals surface area contributed by atoms with Crippen LogP contribution in [-0.4, -0.2) is 6.54 Å². The minimum atomic E-state index is -4.38. The van der Waals surface area contributed by atoms with Crippen molar-refractivity contribution < 1.29 is 13.2 Å². The number of benzene rings is 1. The zero-order valence-electron chi connectivity index (χ0n) is 16.9. The summed E-state index contributed by atoms with van der Waals surface area (Å²) in [5.41, 5.74) is 0.698. The van der Waals surface area contributed by atoms with Gasteiger partial charge in [-0.3, -0.25) is 0 Å². The average Bonchev–Trinajstić information content (AvgIpc) is 2.69. The maximum Gasteiger partial charge on any atom is 0.416 e. The first-order chi connectivity index (χ1) is 13.4. The Morgan fingerprint density at radius 1 is 1.25 bits per heavy atom. The molecule has 1 aliphatic carbocycles. The monoisotopic (exact) mass is 392 g/mol. The van der Waals surface area contributed by atoms with Crippen LogP contribution in [0, 0.1) is 5.92 Å². The minimum absolute atomic E-state index is 0.466. The fourth-order valence-corrected chi connectivity index (χ4v) is 3.61. The Labute approximate surface area is 166 Å². The lowest BCUT2D eigenvalue weighted by atomic mass is 9.89. The minimum Gasteiger partial charge on any atom is -0.371 e. The van der Waals surface area contributed by atoms with E-state index < -0.39 is 11.7 Å². The molecule has 1 saturated carbocycles. The highest BCUT2D eigenvalue weighted by Crippen LogP contribution is 2.34. The van der Waals surface area contributed by atoms with Crippen molar-refractivity contribution in [3.63, 3.8) is 0 Å². The van der Waals surface area contributed by atoms with E-state index in [9.17, 15) is 13.2 Å². The summed E-state index contributed by atoms with van der Waals surface area (Å²) in [5.74, 6) is 1.21. The third kappa shape index (κ3) is 6.18. The first kappa shape index (κ1) is 22.1. The van der Waals surface area contributed by atoms with E-state index >= 15 is 0 Å². The molecule has 2 nitrogen and oxygen atoms in total. The Morgan fingerprint density at radius 2 is 1.96 bits per heavy atom. The standard InChI is InChI=1S/C23H31F3N2/c1-4-6-14-21(5-2)28(18(3)27-17-19-11-8-7-9-12-19)22-15-10-13-20(16-22)23(24,25)26/h4,6,10,13-16,19,27H,3,5,7-9,11-12,17H2,1-2H3/b6-4-,21-14+. The summed E-state index contributed by atoms with van der Waals surface area (Å²) in [6.07, 6.45) is 8.19. The second kappa shape index (κ2) is 10.4. The van der Waals surface area contributed by atoms with Gasteiger partial charge in [-0.1, -0.05) is 51.0 Å². The lowest BCUT2D eigenvalue weighted by Crippen LogP contribution is -2.34. The highest BCUT2D eigenvalue weighted by molar-refractivity contribution is 5.59. The largest absolute Gasteiger partial charge is 0.416 e. The third-order valence-electron chi connectivity index (χ3n) is 5.15. The van der Waals surface area contributed by atoms with E-state index in [4.69, 9.17) is 0 Å². The van der Waals surface area contributed by atoms with Crippen molar-refractivity contribution in [2.24, 2.45) is 5.92 Å². The van der Waals surface area contributed by atoms with Crippen molar-refractivity contribution in [3.8, 4) is 0 Å². The first-order valence-electron chi connectivity index (χ1n) is 10.1. The molecule has 0 aliphatic heterocycles. The number of nitrogens with zero attached hydrogens (tertiary/aromatic N) is 1. The topological polar surface area (TPSA) is 15.3 Å². The first-order valence-corrected chi connectivity index (χ1v) is 10.1. The molecule has 0 radical (unpaired) electrons. The smallest absolute Gasteiger partial charge is 0.371 e. The van der Waals surface area contributed by atoms with Crippen LogP contribution >= 0.6 is 0 Å². The molecule has 0 unspecified atom stereocenters. The fourth-order valence-electron chi connectivity index (χ4n) is 3.61. The predicted octanol–water partition coefficient (Wildman–Crippen LogP) is 7.02. The van der Waals surface area contributed by atoms with E-state index in [2.05, 4.69) is 11.9 Å². The lowest BCUT2D eigenvalue weighted by Gasteiger charge is -2.31. The van der Waals surface area contributed by atoms with Crippen molar-refractivity contribution in [2.45, 2.75) is 58.5 Å². The number of halogens is 3. The van der Waals surface area contributed by atoms with Crippen molar-refractivity contribution >= 4 is 5.69 Å². The summed E-state index contributed by atoms with van der Waals surface area (Å²) in [5, 5.41) is 3.39. The summed E-state index contributed by atoms with van der Waals surface area (Å²) >= 11 is 0. The Bertz CT molecular complexity index is 698. The average molecular weight is 393 g/mol. The van der Waals surface area contributed by atoms with Gasteiger partial charge in [0.2, 0.25) is 0 Å². The molecule has 0 bridgehead atoms. The van der Waals surface area contributed by atoms with Crippen LogP contribution in [0.1, 0.15) is 57.9 Å². The molecule has 1 fully saturated rings.